The second-order valence-corrected chi connectivity index (χ2v) is 5.47. The Kier molecular flexibility index (Phi) is 3.19. The van der Waals surface area contributed by atoms with E-state index in [0.717, 1.165) is 11.8 Å². The fourth-order valence-electron chi connectivity index (χ4n) is 3.53. The molecule has 18 heavy (non-hydrogen) atoms. The number of hydrogen-bond acceptors (Lipinski definition) is 0. The van der Waals surface area contributed by atoms with Crippen LogP contribution >= 0.6 is 0 Å². The quantitative estimate of drug-likeness (QED) is 0.666. The van der Waals surface area contributed by atoms with E-state index in [9.17, 15) is 0 Å². The topological polar surface area (TPSA) is 0 Å². The largest absolute Gasteiger partial charge is 0.103 e. The van der Waals surface area contributed by atoms with Crippen molar-refractivity contribution in [2.24, 2.45) is 23.7 Å². The maximum Gasteiger partial charge on any atom is -0.0133 e. The molecule has 0 bridgehead atoms. The average Bonchev–Trinajstić information content (AvgIpc) is 3.00. The van der Waals surface area contributed by atoms with Gasteiger partial charge in [-0.1, -0.05) is 60.7 Å². The monoisotopic (exact) mass is 236 g/mol. The lowest BCUT2D eigenvalue weighted by Crippen LogP contribution is -2.09. The maximum atomic E-state index is 4.00. The highest BCUT2D eigenvalue weighted by Crippen LogP contribution is 2.48. The van der Waals surface area contributed by atoms with Crippen molar-refractivity contribution >= 4 is 6.08 Å². The summed E-state index contributed by atoms with van der Waals surface area (Å²) in [7, 11) is 0. The SMILES string of the molecule is C=CC1CC(C=Cc2ccccc2)C2CC=CC12. The molecule has 0 amide bonds. The summed E-state index contributed by atoms with van der Waals surface area (Å²) < 4.78 is 0. The molecule has 1 fully saturated rings. The van der Waals surface area contributed by atoms with Gasteiger partial charge in [-0.05, 0) is 42.1 Å². The molecule has 0 heteroatoms. The number of allylic oxidation sites excluding steroid dienone is 4. The van der Waals surface area contributed by atoms with Gasteiger partial charge < -0.3 is 0 Å². The first-order valence-electron chi connectivity index (χ1n) is 6.91. The molecule has 0 N–H and O–H groups in total. The minimum atomic E-state index is 0.680. The fourth-order valence-corrected chi connectivity index (χ4v) is 3.53. The van der Waals surface area contributed by atoms with Gasteiger partial charge in [0.1, 0.15) is 0 Å². The predicted molar refractivity (Wildman–Crippen MR) is 78.0 cm³/mol. The summed E-state index contributed by atoms with van der Waals surface area (Å²) in [6.45, 7) is 4.00. The van der Waals surface area contributed by atoms with Crippen LogP contribution in [0, 0.1) is 23.7 Å². The predicted octanol–water partition coefficient (Wildman–Crippen LogP) is 4.71. The van der Waals surface area contributed by atoms with E-state index in [4.69, 9.17) is 0 Å². The first kappa shape index (κ1) is 11.5. The molecule has 0 aromatic heterocycles. The van der Waals surface area contributed by atoms with Crippen molar-refractivity contribution in [2.45, 2.75) is 12.8 Å². The molecule has 92 valence electrons. The highest BCUT2D eigenvalue weighted by Gasteiger charge is 2.40. The van der Waals surface area contributed by atoms with E-state index < -0.39 is 0 Å². The molecule has 2 aliphatic carbocycles. The zero-order chi connectivity index (χ0) is 12.4. The fraction of sp³-hybridized carbons (Fsp3) is 0.333. The second-order valence-electron chi connectivity index (χ2n) is 5.47. The Morgan fingerprint density at radius 2 is 1.94 bits per heavy atom. The molecule has 0 aliphatic heterocycles. The molecule has 4 unspecified atom stereocenters. The summed E-state index contributed by atoms with van der Waals surface area (Å²) in [5, 5.41) is 0. The van der Waals surface area contributed by atoms with Crippen molar-refractivity contribution in [3.63, 3.8) is 0 Å². The van der Waals surface area contributed by atoms with Gasteiger partial charge in [0.05, 0.1) is 0 Å². The molecule has 3 rings (SSSR count). The van der Waals surface area contributed by atoms with Crippen LogP contribution in [-0.4, -0.2) is 0 Å². The van der Waals surface area contributed by atoms with Crippen molar-refractivity contribution in [3.05, 3.63) is 66.8 Å². The standard InChI is InChI=1S/C18H20/c1-2-15-13-16(18-10-6-9-17(15)18)12-11-14-7-4-3-5-8-14/h2-9,11-12,15-18H,1,10,13H2. The van der Waals surface area contributed by atoms with Gasteiger partial charge in [0.2, 0.25) is 0 Å². The highest BCUT2D eigenvalue weighted by molar-refractivity contribution is 5.49. The van der Waals surface area contributed by atoms with Gasteiger partial charge in [0.15, 0.2) is 0 Å². The van der Waals surface area contributed by atoms with Gasteiger partial charge in [0.25, 0.3) is 0 Å². The Morgan fingerprint density at radius 1 is 1.11 bits per heavy atom. The van der Waals surface area contributed by atoms with Gasteiger partial charge in [-0.3, -0.25) is 0 Å². The molecule has 4 atom stereocenters. The lowest BCUT2D eigenvalue weighted by molar-refractivity contribution is 0.414. The van der Waals surface area contributed by atoms with Gasteiger partial charge in [-0.25, -0.2) is 0 Å². The molecular weight excluding hydrogens is 216 g/mol. The first-order valence-corrected chi connectivity index (χ1v) is 6.91. The van der Waals surface area contributed by atoms with Crippen LogP contribution < -0.4 is 0 Å². The van der Waals surface area contributed by atoms with Gasteiger partial charge in [-0.2, -0.15) is 0 Å². The van der Waals surface area contributed by atoms with Gasteiger partial charge >= 0.3 is 0 Å². The van der Waals surface area contributed by atoms with Crippen LogP contribution in [0.15, 0.2) is 61.2 Å². The van der Waals surface area contributed by atoms with E-state index in [0.29, 0.717) is 11.8 Å². The smallest absolute Gasteiger partial charge is 0.0133 e. The van der Waals surface area contributed by atoms with Crippen LogP contribution in [0.3, 0.4) is 0 Å². The Hall–Kier alpha value is -1.56. The molecule has 1 aromatic carbocycles. The van der Waals surface area contributed by atoms with Crippen molar-refractivity contribution in [1.82, 2.24) is 0 Å². The van der Waals surface area contributed by atoms with Crippen molar-refractivity contribution < 1.29 is 0 Å². The van der Waals surface area contributed by atoms with Crippen LogP contribution in [-0.2, 0) is 0 Å². The van der Waals surface area contributed by atoms with E-state index in [1.807, 2.05) is 0 Å². The minimum Gasteiger partial charge on any atom is -0.103 e. The molecule has 0 nitrogen and oxygen atoms in total. The Balaban J connectivity index is 1.74. The molecule has 1 saturated carbocycles. The highest BCUT2D eigenvalue weighted by atomic mass is 14.4. The lowest BCUT2D eigenvalue weighted by Gasteiger charge is -2.15. The molecule has 2 aliphatic rings. The maximum absolute atomic E-state index is 4.00. The summed E-state index contributed by atoms with van der Waals surface area (Å²) in [4.78, 5) is 0. The average molecular weight is 236 g/mol. The number of benzene rings is 1. The van der Waals surface area contributed by atoms with Crippen molar-refractivity contribution in [2.75, 3.05) is 0 Å². The number of rotatable bonds is 3. The molecule has 1 aromatic rings. The molecule has 0 spiro atoms. The Bertz CT molecular complexity index is 466. The molecule has 0 radical (unpaired) electrons. The minimum absolute atomic E-state index is 0.680. The van der Waals surface area contributed by atoms with Crippen molar-refractivity contribution in [3.8, 4) is 0 Å². The van der Waals surface area contributed by atoms with Crippen LogP contribution in [0.5, 0.6) is 0 Å². The van der Waals surface area contributed by atoms with E-state index >= 15 is 0 Å². The second kappa shape index (κ2) is 4.97. The van der Waals surface area contributed by atoms with E-state index in [1.54, 1.807) is 0 Å². The summed E-state index contributed by atoms with van der Waals surface area (Å²) in [6, 6.07) is 10.6. The number of fused-ring (bicyclic) bond motifs is 1. The Morgan fingerprint density at radius 3 is 2.72 bits per heavy atom. The van der Waals surface area contributed by atoms with E-state index in [2.05, 4.69) is 67.3 Å². The van der Waals surface area contributed by atoms with Gasteiger partial charge in [0, 0.05) is 0 Å². The van der Waals surface area contributed by atoms with Crippen LogP contribution in [0.2, 0.25) is 0 Å². The number of hydrogen-bond donors (Lipinski definition) is 0. The van der Waals surface area contributed by atoms with Crippen LogP contribution in [0.25, 0.3) is 6.08 Å². The third kappa shape index (κ3) is 2.08. The first-order chi connectivity index (χ1) is 8.88. The third-order valence-corrected chi connectivity index (χ3v) is 4.49. The molecule has 0 saturated heterocycles. The summed E-state index contributed by atoms with van der Waals surface area (Å²) in [5.41, 5.74) is 1.31. The zero-order valence-corrected chi connectivity index (χ0v) is 10.7. The van der Waals surface area contributed by atoms with Crippen LogP contribution in [0.4, 0.5) is 0 Å². The van der Waals surface area contributed by atoms with Crippen molar-refractivity contribution in [1.29, 1.82) is 0 Å². The summed E-state index contributed by atoms with van der Waals surface area (Å²) >= 11 is 0. The zero-order valence-electron chi connectivity index (χ0n) is 10.7. The Labute approximate surface area is 110 Å². The summed E-state index contributed by atoms with van der Waals surface area (Å²) in [6.07, 6.45) is 14.1. The molecule has 0 heterocycles. The molecular formula is C18H20. The van der Waals surface area contributed by atoms with E-state index in [-0.39, 0.29) is 0 Å². The van der Waals surface area contributed by atoms with E-state index in [1.165, 1.54) is 18.4 Å². The third-order valence-electron chi connectivity index (χ3n) is 4.49. The normalized spacial score (nSPS) is 34.0. The van der Waals surface area contributed by atoms with Crippen LogP contribution in [0.1, 0.15) is 18.4 Å². The lowest BCUT2D eigenvalue weighted by atomic mass is 9.89. The van der Waals surface area contributed by atoms with Gasteiger partial charge in [-0.15, -0.1) is 6.58 Å². The summed E-state index contributed by atoms with van der Waals surface area (Å²) in [5.74, 6) is 2.95.